The number of hydrogen-bond acceptors (Lipinski definition) is 4. The van der Waals surface area contributed by atoms with E-state index in [1.165, 1.54) is 0 Å². The van der Waals surface area contributed by atoms with Gasteiger partial charge in [-0.2, -0.15) is 0 Å². The van der Waals surface area contributed by atoms with Gasteiger partial charge in [0.1, 0.15) is 0 Å². The molecule has 0 bridgehead atoms. The van der Waals surface area contributed by atoms with Gasteiger partial charge in [0.05, 0.1) is 6.23 Å². The van der Waals surface area contributed by atoms with Gasteiger partial charge in [0.2, 0.25) is 7.37 Å². The normalized spacial score (nSPS) is 13.2. The quantitative estimate of drug-likeness (QED) is 0.505. The maximum atomic E-state index is 11.9. The van der Waals surface area contributed by atoms with Crippen molar-refractivity contribution in [3.05, 3.63) is 0 Å². The molecule has 0 aromatic carbocycles. The maximum Gasteiger partial charge on any atom is 0.361 e. The predicted molar refractivity (Wildman–Crippen MR) is 60.3 cm³/mol. The van der Waals surface area contributed by atoms with E-state index >= 15 is 0 Å². The molecule has 0 rings (SSSR count). The molecular formula is C8H21O4PSi. The fourth-order valence-corrected chi connectivity index (χ4v) is 3.94. The fraction of sp³-hybridized carbons (Fsp3) is 1.00. The molecule has 0 fully saturated rings. The zero-order chi connectivity index (χ0) is 11.2. The van der Waals surface area contributed by atoms with Crippen LogP contribution in [0, 0.1) is 0 Å². The summed E-state index contributed by atoms with van der Waals surface area (Å²) >= 11 is 0. The van der Waals surface area contributed by atoms with E-state index in [1.54, 1.807) is 14.2 Å². The van der Waals surface area contributed by atoms with Crippen molar-refractivity contribution in [2.75, 3.05) is 32.8 Å². The lowest BCUT2D eigenvalue weighted by Crippen LogP contribution is -2.41. The molecule has 0 saturated carbocycles. The molecule has 0 N–H and O–H groups in total. The lowest BCUT2D eigenvalue weighted by molar-refractivity contribution is 0.212. The third-order valence-electron chi connectivity index (χ3n) is 2.39. The first-order valence-electron chi connectivity index (χ1n) is 4.78. The van der Waals surface area contributed by atoms with Crippen LogP contribution in [0.1, 0.15) is 13.8 Å². The monoisotopic (exact) mass is 240 g/mol. The molecular weight excluding hydrogens is 219 g/mol. The average Bonchev–Trinajstić information content (AvgIpc) is 2.25. The molecule has 0 heterocycles. The van der Waals surface area contributed by atoms with E-state index in [-0.39, 0.29) is 0 Å². The molecule has 86 valence electrons. The Hall–Kier alpha value is 0.327. The van der Waals surface area contributed by atoms with E-state index in [2.05, 4.69) is 0 Å². The van der Waals surface area contributed by atoms with Gasteiger partial charge in [-0.1, -0.05) is 13.8 Å². The summed E-state index contributed by atoms with van der Waals surface area (Å²) in [6.07, 6.45) is 1.47. The van der Waals surface area contributed by atoms with Crippen LogP contribution in [-0.4, -0.2) is 41.3 Å². The minimum atomic E-state index is -2.43. The molecule has 0 unspecified atom stereocenters. The predicted octanol–water partition coefficient (Wildman–Crippen LogP) is 2.22. The van der Waals surface area contributed by atoms with Crippen molar-refractivity contribution in [2.24, 2.45) is 0 Å². The van der Waals surface area contributed by atoms with Crippen molar-refractivity contribution in [3.8, 4) is 0 Å². The minimum absolute atomic E-state index is 0.332. The van der Waals surface area contributed by atoms with Crippen LogP contribution >= 0.6 is 7.37 Å². The smallest absolute Gasteiger partial charge is 0.361 e. The minimum Gasteiger partial charge on any atom is -0.396 e. The second-order valence-electron chi connectivity index (χ2n) is 3.26. The first-order chi connectivity index (χ1) is 6.45. The Balaban J connectivity index is 4.21. The van der Waals surface area contributed by atoms with Crippen molar-refractivity contribution >= 4 is 15.9 Å². The summed E-state index contributed by atoms with van der Waals surface area (Å²) in [7, 11) is -1.47. The topological polar surface area (TPSA) is 44.8 Å². The SMILES string of the molecule is CCP(=O)(CC)OC[Si](C)(OC)OC. The lowest BCUT2D eigenvalue weighted by atomic mass is 11.0. The van der Waals surface area contributed by atoms with Gasteiger partial charge in [-0.15, -0.1) is 0 Å². The van der Waals surface area contributed by atoms with E-state index < -0.39 is 15.9 Å². The molecule has 0 aromatic heterocycles. The first kappa shape index (κ1) is 14.3. The van der Waals surface area contributed by atoms with Gasteiger partial charge in [0.25, 0.3) is 0 Å². The summed E-state index contributed by atoms with van der Waals surface area (Å²) in [6.45, 7) is 5.65. The second kappa shape index (κ2) is 6.03. The average molecular weight is 240 g/mol. The van der Waals surface area contributed by atoms with Crippen LogP contribution in [0.5, 0.6) is 0 Å². The van der Waals surface area contributed by atoms with Crippen molar-refractivity contribution < 1.29 is 17.9 Å². The van der Waals surface area contributed by atoms with E-state index in [9.17, 15) is 4.57 Å². The number of rotatable bonds is 7. The Bertz CT molecular complexity index is 198. The van der Waals surface area contributed by atoms with Crippen LogP contribution in [0.2, 0.25) is 6.55 Å². The first-order valence-corrected chi connectivity index (χ1v) is 9.30. The van der Waals surface area contributed by atoms with Crippen LogP contribution < -0.4 is 0 Å². The van der Waals surface area contributed by atoms with E-state index in [4.69, 9.17) is 13.4 Å². The Morgan fingerprint density at radius 2 is 1.57 bits per heavy atom. The third-order valence-corrected chi connectivity index (χ3v) is 7.55. The standard InChI is InChI=1S/C8H21O4PSi/c1-6-13(9,7-2)12-8-14(5,10-3)11-4/h6-8H2,1-5H3. The fourth-order valence-electron chi connectivity index (χ4n) is 0.842. The van der Waals surface area contributed by atoms with Crippen LogP contribution in [0.4, 0.5) is 0 Å². The molecule has 0 aliphatic rings. The van der Waals surface area contributed by atoms with Crippen LogP contribution in [0.15, 0.2) is 0 Å². The Morgan fingerprint density at radius 1 is 1.14 bits per heavy atom. The highest BCUT2D eigenvalue weighted by molar-refractivity contribution is 7.58. The summed E-state index contributed by atoms with van der Waals surface area (Å²) in [5.74, 6) is 0. The van der Waals surface area contributed by atoms with Gasteiger partial charge >= 0.3 is 8.56 Å². The third kappa shape index (κ3) is 4.23. The molecule has 6 heteroatoms. The molecule has 0 amide bonds. The van der Waals surface area contributed by atoms with E-state index in [0.717, 1.165) is 0 Å². The second-order valence-corrected chi connectivity index (χ2v) is 9.79. The van der Waals surface area contributed by atoms with Gasteiger partial charge in [0.15, 0.2) is 0 Å². The van der Waals surface area contributed by atoms with Crippen molar-refractivity contribution in [3.63, 3.8) is 0 Å². The zero-order valence-electron chi connectivity index (χ0n) is 9.70. The van der Waals surface area contributed by atoms with E-state index in [1.807, 2.05) is 20.4 Å². The zero-order valence-corrected chi connectivity index (χ0v) is 11.6. The molecule has 14 heavy (non-hydrogen) atoms. The molecule has 0 aromatic rings. The molecule has 4 nitrogen and oxygen atoms in total. The Kier molecular flexibility index (Phi) is 6.17. The Morgan fingerprint density at radius 3 is 1.86 bits per heavy atom. The van der Waals surface area contributed by atoms with Gasteiger partial charge in [0, 0.05) is 26.5 Å². The molecule has 0 atom stereocenters. The lowest BCUT2D eigenvalue weighted by Gasteiger charge is -2.25. The molecule has 0 aliphatic heterocycles. The highest BCUT2D eigenvalue weighted by Gasteiger charge is 2.32. The van der Waals surface area contributed by atoms with Gasteiger partial charge in [-0.25, -0.2) is 0 Å². The summed E-state index contributed by atoms with van der Waals surface area (Å²) in [5.41, 5.74) is 0. The molecule has 0 spiro atoms. The Labute approximate surface area is 87.6 Å². The summed E-state index contributed by atoms with van der Waals surface area (Å²) < 4.78 is 27.8. The number of hydrogen-bond donors (Lipinski definition) is 0. The summed E-state index contributed by atoms with van der Waals surface area (Å²) in [4.78, 5) is 0. The maximum absolute atomic E-state index is 11.9. The van der Waals surface area contributed by atoms with E-state index in [0.29, 0.717) is 18.6 Å². The van der Waals surface area contributed by atoms with Gasteiger partial charge in [-0.3, -0.25) is 4.57 Å². The summed E-state index contributed by atoms with van der Waals surface area (Å²) in [5, 5.41) is 0. The van der Waals surface area contributed by atoms with Crippen LogP contribution in [0.25, 0.3) is 0 Å². The van der Waals surface area contributed by atoms with Gasteiger partial charge < -0.3 is 13.4 Å². The van der Waals surface area contributed by atoms with Crippen molar-refractivity contribution in [1.82, 2.24) is 0 Å². The summed E-state index contributed by atoms with van der Waals surface area (Å²) in [6, 6.07) is 0. The highest BCUT2D eigenvalue weighted by atomic mass is 31.2. The van der Waals surface area contributed by atoms with Gasteiger partial charge in [-0.05, 0) is 6.55 Å². The van der Waals surface area contributed by atoms with Crippen molar-refractivity contribution in [2.45, 2.75) is 20.4 Å². The molecule has 0 saturated heterocycles. The van der Waals surface area contributed by atoms with Crippen LogP contribution in [0.3, 0.4) is 0 Å². The van der Waals surface area contributed by atoms with Crippen molar-refractivity contribution in [1.29, 1.82) is 0 Å². The molecule has 0 radical (unpaired) electrons. The largest absolute Gasteiger partial charge is 0.396 e. The van der Waals surface area contributed by atoms with Crippen LogP contribution in [-0.2, 0) is 17.9 Å². The highest BCUT2D eigenvalue weighted by Crippen LogP contribution is 2.46. The molecule has 0 aliphatic carbocycles.